The van der Waals surface area contributed by atoms with E-state index in [-0.39, 0.29) is 0 Å². The van der Waals surface area contributed by atoms with E-state index in [1.807, 2.05) is 0 Å². The predicted molar refractivity (Wildman–Crippen MR) is 71.5 cm³/mol. The molecule has 1 nitrogen and oxygen atoms in total. The minimum atomic E-state index is 1.07. The van der Waals surface area contributed by atoms with Crippen LogP contribution in [-0.2, 0) is 0 Å². The maximum absolute atomic E-state index is 3.60. The summed E-state index contributed by atoms with van der Waals surface area (Å²) in [5, 5.41) is 3.47. The molecule has 1 aromatic carbocycles. The summed E-state index contributed by atoms with van der Waals surface area (Å²) in [7, 11) is 0. The molecule has 1 rings (SSSR count). The Hall–Kier alpha value is -0.500. The van der Waals surface area contributed by atoms with Gasteiger partial charge in [0, 0.05) is 16.7 Å². The van der Waals surface area contributed by atoms with Crippen molar-refractivity contribution in [3.8, 4) is 0 Å². The number of rotatable bonds is 6. The standard InChI is InChI=1S/C13H20BrN/c1-3-4-5-6-10-15-12-9-7-8-11(2)13(12)14/h7-9,15H,3-6,10H2,1-2H3. The third-order valence-corrected chi connectivity index (χ3v) is 3.59. The van der Waals surface area contributed by atoms with Gasteiger partial charge in [-0.15, -0.1) is 0 Å². The van der Waals surface area contributed by atoms with Gasteiger partial charge < -0.3 is 5.32 Å². The van der Waals surface area contributed by atoms with Crippen molar-refractivity contribution in [3.63, 3.8) is 0 Å². The maximum atomic E-state index is 3.60. The van der Waals surface area contributed by atoms with Crippen LogP contribution in [0.5, 0.6) is 0 Å². The van der Waals surface area contributed by atoms with Crippen LogP contribution in [0.3, 0.4) is 0 Å². The molecule has 0 atom stereocenters. The van der Waals surface area contributed by atoms with Crippen molar-refractivity contribution in [1.29, 1.82) is 0 Å². The molecule has 0 saturated carbocycles. The summed E-state index contributed by atoms with van der Waals surface area (Å²) in [6.07, 6.45) is 5.23. The molecule has 0 amide bonds. The van der Waals surface area contributed by atoms with Gasteiger partial charge in [0.05, 0.1) is 0 Å². The van der Waals surface area contributed by atoms with Crippen LogP contribution < -0.4 is 5.32 Å². The molecule has 0 radical (unpaired) electrons. The van der Waals surface area contributed by atoms with Crippen molar-refractivity contribution in [1.82, 2.24) is 0 Å². The fourth-order valence-corrected chi connectivity index (χ4v) is 1.96. The molecular formula is C13H20BrN. The van der Waals surface area contributed by atoms with Gasteiger partial charge >= 0.3 is 0 Å². The normalized spacial score (nSPS) is 10.3. The second-order valence-corrected chi connectivity index (χ2v) is 4.72. The zero-order valence-corrected chi connectivity index (χ0v) is 11.2. The van der Waals surface area contributed by atoms with Crippen molar-refractivity contribution in [2.75, 3.05) is 11.9 Å². The topological polar surface area (TPSA) is 12.0 Å². The predicted octanol–water partition coefficient (Wildman–Crippen LogP) is 4.75. The van der Waals surface area contributed by atoms with E-state index >= 15 is 0 Å². The van der Waals surface area contributed by atoms with Crippen molar-refractivity contribution in [2.45, 2.75) is 39.5 Å². The van der Waals surface area contributed by atoms with Crippen molar-refractivity contribution in [2.24, 2.45) is 0 Å². The number of halogens is 1. The van der Waals surface area contributed by atoms with Crippen molar-refractivity contribution >= 4 is 21.6 Å². The molecule has 0 heterocycles. The van der Waals surface area contributed by atoms with E-state index in [9.17, 15) is 0 Å². The van der Waals surface area contributed by atoms with Crippen LogP contribution in [0.4, 0.5) is 5.69 Å². The molecule has 0 aromatic heterocycles. The minimum absolute atomic E-state index is 1.07. The molecule has 0 bridgehead atoms. The van der Waals surface area contributed by atoms with Gasteiger partial charge in [-0.2, -0.15) is 0 Å². The highest BCUT2D eigenvalue weighted by Crippen LogP contribution is 2.25. The molecule has 0 fully saturated rings. The Kier molecular flexibility index (Phi) is 5.77. The molecule has 0 unspecified atom stereocenters. The van der Waals surface area contributed by atoms with Gasteiger partial charge in [-0.05, 0) is 40.9 Å². The van der Waals surface area contributed by atoms with E-state index in [1.165, 1.54) is 41.4 Å². The average Bonchev–Trinajstić information content (AvgIpc) is 2.24. The number of anilines is 1. The van der Waals surface area contributed by atoms with Crippen LogP contribution in [0.15, 0.2) is 22.7 Å². The zero-order chi connectivity index (χ0) is 11.1. The zero-order valence-electron chi connectivity index (χ0n) is 9.65. The molecule has 2 heteroatoms. The SMILES string of the molecule is CCCCCCNc1cccc(C)c1Br. The Bertz CT molecular complexity index is 297. The number of unbranched alkanes of at least 4 members (excludes halogenated alkanes) is 3. The highest BCUT2D eigenvalue weighted by molar-refractivity contribution is 9.10. The Morgan fingerprint density at radius 1 is 1.20 bits per heavy atom. The van der Waals surface area contributed by atoms with Gasteiger partial charge in [-0.3, -0.25) is 0 Å². The molecule has 1 N–H and O–H groups in total. The molecular weight excluding hydrogens is 250 g/mol. The molecule has 84 valence electrons. The molecule has 0 aliphatic rings. The van der Waals surface area contributed by atoms with Gasteiger partial charge in [0.2, 0.25) is 0 Å². The third kappa shape index (κ3) is 4.25. The smallest absolute Gasteiger partial charge is 0.0487 e. The fraction of sp³-hybridized carbons (Fsp3) is 0.538. The Morgan fingerprint density at radius 3 is 2.73 bits per heavy atom. The van der Waals surface area contributed by atoms with Crippen LogP contribution in [0.1, 0.15) is 38.2 Å². The fourth-order valence-electron chi connectivity index (χ4n) is 1.56. The number of aryl methyl sites for hydroxylation is 1. The molecule has 0 spiro atoms. The van der Waals surface area contributed by atoms with Gasteiger partial charge in [0.25, 0.3) is 0 Å². The van der Waals surface area contributed by atoms with E-state index in [1.54, 1.807) is 0 Å². The molecule has 1 aromatic rings. The average molecular weight is 270 g/mol. The molecule has 0 aliphatic heterocycles. The van der Waals surface area contributed by atoms with Crippen LogP contribution >= 0.6 is 15.9 Å². The molecule has 0 saturated heterocycles. The lowest BCUT2D eigenvalue weighted by molar-refractivity contribution is 0.685. The number of benzene rings is 1. The van der Waals surface area contributed by atoms with E-state index in [2.05, 4.69) is 53.3 Å². The first kappa shape index (κ1) is 12.6. The highest BCUT2D eigenvalue weighted by atomic mass is 79.9. The Labute approximate surface area is 101 Å². The number of hydrogen-bond acceptors (Lipinski definition) is 1. The van der Waals surface area contributed by atoms with Gasteiger partial charge in [-0.1, -0.05) is 38.3 Å². The number of hydrogen-bond donors (Lipinski definition) is 1. The van der Waals surface area contributed by atoms with Gasteiger partial charge in [-0.25, -0.2) is 0 Å². The summed E-state index contributed by atoms with van der Waals surface area (Å²) >= 11 is 3.60. The summed E-state index contributed by atoms with van der Waals surface area (Å²) in [6, 6.07) is 6.33. The lowest BCUT2D eigenvalue weighted by atomic mass is 10.2. The first-order valence-corrected chi connectivity index (χ1v) is 6.54. The highest BCUT2D eigenvalue weighted by Gasteiger charge is 2.00. The van der Waals surface area contributed by atoms with E-state index in [0.29, 0.717) is 0 Å². The largest absolute Gasteiger partial charge is 0.384 e. The maximum Gasteiger partial charge on any atom is 0.0487 e. The molecule has 15 heavy (non-hydrogen) atoms. The first-order valence-electron chi connectivity index (χ1n) is 5.74. The summed E-state index contributed by atoms with van der Waals surface area (Å²) in [4.78, 5) is 0. The third-order valence-electron chi connectivity index (χ3n) is 2.54. The summed E-state index contributed by atoms with van der Waals surface area (Å²) in [5.74, 6) is 0. The Balaban J connectivity index is 2.34. The lowest BCUT2D eigenvalue weighted by Gasteiger charge is -2.09. The van der Waals surface area contributed by atoms with E-state index < -0.39 is 0 Å². The van der Waals surface area contributed by atoms with Gasteiger partial charge in [0.15, 0.2) is 0 Å². The first-order chi connectivity index (χ1) is 7.25. The van der Waals surface area contributed by atoms with E-state index in [4.69, 9.17) is 0 Å². The Morgan fingerprint density at radius 2 is 2.00 bits per heavy atom. The monoisotopic (exact) mass is 269 g/mol. The summed E-state index contributed by atoms with van der Waals surface area (Å²) in [6.45, 7) is 5.43. The summed E-state index contributed by atoms with van der Waals surface area (Å²) < 4.78 is 1.19. The quantitative estimate of drug-likeness (QED) is 0.735. The van der Waals surface area contributed by atoms with Crippen LogP contribution in [0, 0.1) is 6.92 Å². The van der Waals surface area contributed by atoms with E-state index in [0.717, 1.165) is 6.54 Å². The van der Waals surface area contributed by atoms with Gasteiger partial charge in [0.1, 0.15) is 0 Å². The second-order valence-electron chi connectivity index (χ2n) is 3.92. The minimum Gasteiger partial charge on any atom is -0.384 e. The van der Waals surface area contributed by atoms with Crippen molar-refractivity contribution in [3.05, 3.63) is 28.2 Å². The number of nitrogens with one attached hydrogen (secondary N) is 1. The van der Waals surface area contributed by atoms with Crippen LogP contribution in [0.25, 0.3) is 0 Å². The molecule has 0 aliphatic carbocycles. The second kappa shape index (κ2) is 6.89. The summed E-state index contributed by atoms with van der Waals surface area (Å²) in [5.41, 5.74) is 2.50. The van der Waals surface area contributed by atoms with Crippen LogP contribution in [-0.4, -0.2) is 6.54 Å². The van der Waals surface area contributed by atoms with Crippen LogP contribution in [0.2, 0.25) is 0 Å². The van der Waals surface area contributed by atoms with Crippen molar-refractivity contribution < 1.29 is 0 Å². The lowest BCUT2D eigenvalue weighted by Crippen LogP contribution is -2.02.